The quantitative estimate of drug-likeness (QED) is 0.598. The first kappa shape index (κ1) is 10.9. The van der Waals surface area contributed by atoms with Crippen molar-refractivity contribution >= 4 is 11.9 Å². The van der Waals surface area contributed by atoms with Crippen LogP contribution in [0, 0.1) is 0 Å². The molecule has 12 heavy (non-hydrogen) atoms. The van der Waals surface area contributed by atoms with Crippen molar-refractivity contribution in [3.8, 4) is 0 Å². The van der Waals surface area contributed by atoms with E-state index in [-0.39, 0.29) is 6.42 Å². The maximum Gasteiger partial charge on any atom is 0.351 e. The number of carboxylic acid groups (broad SMARTS) is 1. The smallest absolute Gasteiger partial charge is 0.351 e. The third-order valence-corrected chi connectivity index (χ3v) is 1.60. The minimum absolute atomic E-state index is 0.325. The van der Waals surface area contributed by atoms with Crippen LogP contribution in [0.5, 0.6) is 0 Å². The molecule has 5 heteroatoms. The summed E-state index contributed by atoms with van der Waals surface area (Å²) in [6.07, 6.45) is 0.589. The van der Waals surface area contributed by atoms with E-state index < -0.39 is 17.5 Å². The molecule has 0 radical (unpaired) electrons. The van der Waals surface area contributed by atoms with Gasteiger partial charge in [-0.3, -0.25) is 4.79 Å². The molecular formula is C7H12FNO3. The molecule has 70 valence electrons. The molecule has 0 aliphatic carbocycles. The highest BCUT2D eigenvalue weighted by Crippen LogP contribution is 2.19. The molecule has 0 bridgehead atoms. The van der Waals surface area contributed by atoms with E-state index in [1.807, 2.05) is 0 Å². The van der Waals surface area contributed by atoms with Crippen LogP contribution in [0.1, 0.15) is 26.2 Å². The maximum absolute atomic E-state index is 13.2. The summed E-state index contributed by atoms with van der Waals surface area (Å²) in [5.41, 5.74) is 1.73. The van der Waals surface area contributed by atoms with Gasteiger partial charge in [-0.1, -0.05) is 13.3 Å². The standard InChI is InChI=1S/C7H12FNO3/c1-2-3-4-7(8,5(9)10)6(11)12/h2-4H2,1H3,(H2,9,10)(H,11,12)/t7-/m1/s1. The Hall–Kier alpha value is -1.13. The van der Waals surface area contributed by atoms with E-state index in [0.717, 1.165) is 0 Å². The molecule has 0 aromatic rings. The van der Waals surface area contributed by atoms with Gasteiger partial charge in [0.25, 0.3) is 11.6 Å². The Balaban J connectivity index is 4.40. The molecule has 0 aromatic heterocycles. The number of hydrogen-bond donors (Lipinski definition) is 2. The number of primary amides is 1. The molecule has 0 saturated carbocycles. The first-order chi connectivity index (χ1) is 5.45. The summed E-state index contributed by atoms with van der Waals surface area (Å²) in [6.45, 7) is 1.77. The Morgan fingerprint density at radius 1 is 1.58 bits per heavy atom. The average molecular weight is 177 g/mol. The van der Waals surface area contributed by atoms with Crippen molar-refractivity contribution in [3.63, 3.8) is 0 Å². The Bertz CT molecular complexity index is 179. The van der Waals surface area contributed by atoms with Gasteiger partial charge in [-0.05, 0) is 6.42 Å². The highest BCUT2D eigenvalue weighted by Gasteiger charge is 2.44. The van der Waals surface area contributed by atoms with Crippen molar-refractivity contribution < 1.29 is 19.1 Å². The lowest BCUT2D eigenvalue weighted by Gasteiger charge is -2.15. The average Bonchev–Trinajstić information content (AvgIpc) is 1.99. The molecule has 1 amide bonds. The predicted octanol–water partition coefficient (Wildman–Crippen LogP) is 0.455. The second kappa shape index (κ2) is 4.04. The molecule has 4 nitrogen and oxygen atoms in total. The largest absolute Gasteiger partial charge is 0.478 e. The Morgan fingerprint density at radius 2 is 2.08 bits per heavy atom. The van der Waals surface area contributed by atoms with Gasteiger partial charge in [0, 0.05) is 6.42 Å². The van der Waals surface area contributed by atoms with Crippen LogP contribution in [0.15, 0.2) is 0 Å². The van der Waals surface area contributed by atoms with Crippen molar-refractivity contribution in [2.45, 2.75) is 31.9 Å². The first-order valence-corrected chi connectivity index (χ1v) is 3.67. The number of alkyl halides is 1. The fraction of sp³-hybridized carbons (Fsp3) is 0.714. The lowest BCUT2D eigenvalue weighted by molar-refractivity contribution is -0.157. The van der Waals surface area contributed by atoms with Gasteiger partial charge < -0.3 is 10.8 Å². The zero-order chi connectivity index (χ0) is 9.78. The van der Waals surface area contributed by atoms with E-state index in [4.69, 9.17) is 5.11 Å². The van der Waals surface area contributed by atoms with Crippen LogP contribution >= 0.6 is 0 Å². The molecule has 0 unspecified atom stereocenters. The van der Waals surface area contributed by atoms with Gasteiger partial charge in [-0.15, -0.1) is 0 Å². The number of nitrogens with two attached hydrogens (primary N) is 1. The van der Waals surface area contributed by atoms with Crippen molar-refractivity contribution in [2.24, 2.45) is 5.73 Å². The molecule has 0 rings (SSSR count). The Labute approximate surface area is 69.6 Å². The van der Waals surface area contributed by atoms with Crippen LogP contribution in [0.25, 0.3) is 0 Å². The minimum Gasteiger partial charge on any atom is -0.478 e. The first-order valence-electron chi connectivity index (χ1n) is 3.67. The number of carbonyl (C=O) groups is 2. The van der Waals surface area contributed by atoms with Crippen LogP contribution in [0.3, 0.4) is 0 Å². The lowest BCUT2D eigenvalue weighted by Crippen LogP contribution is -2.46. The fourth-order valence-corrected chi connectivity index (χ4v) is 0.756. The summed E-state index contributed by atoms with van der Waals surface area (Å²) in [5.74, 6) is -3.23. The van der Waals surface area contributed by atoms with Gasteiger partial charge in [0.05, 0.1) is 0 Å². The molecule has 0 fully saturated rings. The lowest BCUT2D eigenvalue weighted by atomic mass is 9.98. The molecule has 0 spiro atoms. The number of aliphatic carboxylic acids is 1. The number of carbonyl (C=O) groups excluding carboxylic acids is 1. The summed E-state index contributed by atoms with van der Waals surface area (Å²) >= 11 is 0. The summed E-state index contributed by atoms with van der Waals surface area (Å²) in [7, 11) is 0. The van der Waals surface area contributed by atoms with E-state index in [1.54, 1.807) is 6.92 Å². The van der Waals surface area contributed by atoms with Crippen molar-refractivity contribution in [3.05, 3.63) is 0 Å². The third kappa shape index (κ3) is 2.18. The summed E-state index contributed by atoms with van der Waals surface area (Å²) in [5, 5.41) is 8.35. The maximum atomic E-state index is 13.2. The number of carboxylic acids is 1. The second-order valence-electron chi connectivity index (χ2n) is 2.57. The number of hydrogen-bond acceptors (Lipinski definition) is 2. The minimum atomic E-state index is -2.89. The van der Waals surface area contributed by atoms with Crippen LogP contribution < -0.4 is 5.73 Å². The topological polar surface area (TPSA) is 80.4 Å². The van der Waals surface area contributed by atoms with E-state index in [0.29, 0.717) is 12.8 Å². The molecule has 0 aliphatic rings. The van der Waals surface area contributed by atoms with Gasteiger partial charge in [-0.2, -0.15) is 0 Å². The number of halogens is 1. The van der Waals surface area contributed by atoms with E-state index in [2.05, 4.69) is 5.73 Å². The Morgan fingerprint density at radius 3 is 2.33 bits per heavy atom. The molecule has 3 N–H and O–H groups in total. The predicted molar refractivity (Wildman–Crippen MR) is 40.2 cm³/mol. The molecular weight excluding hydrogens is 165 g/mol. The molecule has 0 aromatic carbocycles. The summed E-state index contributed by atoms with van der Waals surface area (Å²) < 4.78 is 13.2. The zero-order valence-corrected chi connectivity index (χ0v) is 6.84. The Kier molecular flexibility index (Phi) is 3.66. The molecule has 0 heterocycles. The SMILES string of the molecule is CCCC[C@@](F)(C(N)=O)C(=O)O. The van der Waals surface area contributed by atoms with Crippen LogP contribution in [0.2, 0.25) is 0 Å². The van der Waals surface area contributed by atoms with E-state index >= 15 is 0 Å². The van der Waals surface area contributed by atoms with E-state index in [1.165, 1.54) is 0 Å². The highest BCUT2D eigenvalue weighted by molar-refractivity contribution is 6.04. The fourth-order valence-electron chi connectivity index (χ4n) is 0.756. The number of unbranched alkanes of at least 4 members (excludes halogenated alkanes) is 1. The third-order valence-electron chi connectivity index (χ3n) is 1.60. The van der Waals surface area contributed by atoms with Gasteiger partial charge in [0.1, 0.15) is 0 Å². The van der Waals surface area contributed by atoms with Crippen molar-refractivity contribution in [1.82, 2.24) is 0 Å². The van der Waals surface area contributed by atoms with Crippen LogP contribution in [-0.4, -0.2) is 22.7 Å². The second-order valence-corrected chi connectivity index (χ2v) is 2.57. The number of amides is 1. The van der Waals surface area contributed by atoms with Crippen molar-refractivity contribution in [1.29, 1.82) is 0 Å². The van der Waals surface area contributed by atoms with Gasteiger partial charge in [0.2, 0.25) is 0 Å². The monoisotopic (exact) mass is 177 g/mol. The van der Waals surface area contributed by atoms with Crippen molar-refractivity contribution in [2.75, 3.05) is 0 Å². The molecule has 0 aliphatic heterocycles. The van der Waals surface area contributed by atoms with Gasteiger partial charge in [0.15, 0.2) is 0 Å². The summed E-state index contributed by atoms with van der Waals surface area (Å²) in [6, 6.07) is 0. The van der Waals surface area contributed by atoms with Gasteiger partial charge in [-0.25, -0.2) is 9.18 Å². The molecule has 1 atom stereocenters. The number of rotatable bonds is 5. The van der Waals surface area contributed by atoms with Crippen LogP contribution in [-0.2, 0) is 9.59 Å². The highest BCUT2D eigenvalue weighted by atomic mass is 19.1. The van der Waals surface area contributed by atoms with Gasteiger partial charge >= 0.3 is 5.97 Å². The zero-order valence-electron chi connectivity index (χ0n) is 6.84. The normalized spacial score (nSPS) is 15.2. The van der Waals surface area contributed by atoms with Crippen LogP contribution in [0.4, 0.5) is 4.39 Å². The summed E-state index contributed by atoms with van der Waals surface area (Å²) in [4.78, 5) is 20.7. The molecule has 0 saturated heterocycles. The van der Waals surface area contributed by atoms with E-state index in [9.17, 15) is 14.0 Å².